The Labute approximate surface area is 94.6 Å². The molecule has 0 saturated carbocycles. The fourth-order valence-electron chi connectivity index (χ4n) is 0.906. The Bertz CT molecular complexity index is 346. The number of amides is 1. The van der Waals surface area contributed by atoms with Crippen LogP contribution in [0.15, 0.2) is 22.7 Å². The van der Waals surface area contributed by atoms with Gasteiger partial charge in [-0.3, -0.25) is 4.79 Å². The van der Waals surface area contributed by atoms with E-state index < -0.39 is 0 Å². The monoisotopic (exact) mass is 279 g/mol. The van der Waals surface area contributed by atoms with Gasteiger partial charge in [0.1, 0.15) is 11.7 Å². The lowest BCUT2D eigenvalue weighted by Gasteiger charge is -2.04. The van der Waals surface area contributed by atoms with E-state index in [-0.39, 0.29) is 24.1 Å². The van der Waals surface area contributed by atoms with Crippen LogP contribution < -0.4 is 5.32 Å². The first kappa shape index (κ1) is 11.5. The van der Waals surface area contributed by atoms with Crippen molar-refractivity contribution in [3.05, 3.63) is 34.1 Å². The van der Waals surface area contributed by atoms with Crippen LogP contribution in [0.2, 0.25) is 0 Å². The van der Waals surface area contributed by atoms with Crippen molar-refractivity contribution >= 4 is 33.4 Å². The summed E-state index contributed by atoms with van der Waals surface area (Å²) in [5.74, 6) is -0.777. The summed E-state index contributed by atoms with van der Waals surface area (Å²) in [4.78, 5) is 10.8. The van der Waals surface area contributed by atoms with Gasteiger partial charge in [-0.15, -0.1) is 11.6 Å². The van der Waals surface area contributed by atoms with E-state index in [9.17, 15) is 9.18 Å². The number of rotatable bonds is 3. The standard InChI is InChI=1S/C9H8BrClFNO/c10-7-2-1-6(8(12)3-7)5-13-9(14)4-11/h1-3H,4-5H2,(H,13,14). The van der Waals surface area contributed by atoms with Crippen LogP contribution in [0.3, 0.4) is 0 Å². The molecule has 1 N–H and O–H groups in total. The highest BCUT2D eigenvalue weighted by molar-refractivity contribution is 9.10. The zero-order valence-corrected chi connectivity index (χ0v) is 9.53. The van der Waals surface area contributed by atoms with Crippen molar-refractivity contribution in [2.75, 3.05) is 5.88 Å². The fraction of sp³-hybridized carbons (Fsp3) is 0.222. The maximum Gasteiger partial charge on any atom is 0.235 e. The molecule has 14 heavy (non-hydrogen) atoms. The minimum Gasteiger partial charge on any atom is -0.351 e. The summed E-state index contributed by atoms with van der Waals surface area (Å²) in [5, 5.41) is 2.48. The summed E-state index contributed by atoms with van der Waals surface area (Å²) >= 11 is 8.41. The number of carbonyl (C=O) groups excluding carboxylic acids is 1. The molecule has 0 bridgehead atoms. The van der Waals surface area contributed by atoms with Crippen molar-refractivity contribution < 1.29 is 9.18 Å². The molecule has 1 rings (SSSR count). The zero-order chi connectivity index (χ0) is 10.6. The Kier molecular flexibility index (Phi) is 4.35. The largest absolute Gasteiger partial charge is 0.351 e. The molecule has 0 aromatic heterocycles. The predicted molar refractivity (Wildman–Crippen MR) is 56.7 cm³/mol. The van der Waals surface area contributed by atoms with Gasteiger partial charge in [-0.1, -0.05) is 22.0 Å². The summed E-state index contributed by atoms with van der Waals surface area (Å²) < 4.78 is 13.9. The minimum absolute atomic E-state index is 0.113. The minimum atomic E-state index is -0.353. The molecule has 0 spiro atoms. The third-order valence-corrected chi connectivity index (χ3v) is 2.35. The van der Waals surface area contributed by atoms with E-state index in [1.807, 2.05) is 0 Å². The third-order valence-electron chi connectivity index (χ3n) is 1.61. The Morgan fingerprint density at radius 1 is 1.57 bits per heavy atom. The molecule has 2 nitrogen and oxygen atoms in total. The average molecular weight is 281 g/mol. The molecule has 1 aromatic rings. The van der Waals surface area contributed by atoms with Crippen molar-refractivity contribution in [2.45, 2.75) is 6.54 Å². The van der Waals surface area contributed by atoms with Crippen LogP contribution in [-0.2, 0) is 11.3 Å². The van der Waals surface area contributed by atoms with Crippen LogP contribution in [0, 0.1) is 5.82 Å². The predicted octanol–water partition coefficient (Wildman–Crippen LogP) is 2.44. The first-order valence-electron chi connectivity index (χ1n) is 3.90. The van der Waals surface area contributed by atoms with Gasteiger partial charge in [-0.05, 0) is 12.1 Å². The first-order valence-corrected chi connectivity index (χ1v) is 5.23. The van der Waals surface area contributed by atoms with E-state index in [0.29, 0.717) is 10.0 Å². The summed E-state index contributed by atoms with van der Waals surface area (Å²) in [6, 6.07) is 4.67. The molecule has 0 fully saturated rings. The third kappa shape index (κ3) is 3.27. The summed E-state index contributed by atoms with van der Waals surface area (Å²) in [6.07, 6.45) is 0. The van der Waals surface area contributed by atoms with Crippen molar-refractivity contribution in [1.82, 2.24) is 5.32 Å². The number of benzene rings is 1. The van der Waals surface area contributed by atoms with Crippen molar-refractivity contribution in [2.24, 2.45) is 0 Å². The molecule has 5 heteroatoms. The Morgan fingerprint density at radius 2 is 2.29 bits per heavy atom. The van der Waals surface area contributed by atoms with Crippen molar-refractivity contribution in [3.63, 3.8) is 0 Å². The van der Waals surface area contributed by atoms with Crippen molar-refractivity contribution in [1.29, 1.82) is 0 Å². The number of halogens is 3. The molecule has 0 saturated heterocycles. The van der Waals surface area contributed by atoms with Gasteiger partial charge in [0.05, 0.1) is 0 Å². The quantitative estimate of drug-likeness (QED) is 0.847. The van der Waals surface area contributed by atoms with Gasteiger partial charge in [0.2, 0.25) is 5.91 Å². The van der Waals surface area contributed by atoms with Crippen LogP contribution in [0.1, 0.15) is 5.56 Å². The molecule has 1 amide bonds. The average Bonchev–Trinajstić information content (AvgIpc) is 2.16. The zero-order valence-electron chi connectivity index (χ0n) is 7.19. The van der Waals surface area contributed by atoms with E-state index >= 15 is 0 Å². The van der Waals surface area contributed by atoms with Crippen LogP contribution >= 0.6 is 27.5 Å². The van der Waals surface area contributed by atoms with Crippen LogP contribution in [0.5, 0.6) is 0 Å². The molecular weight excluding hydrogens is 272 g/mol. The lowest BCUT2D eigenvalue weighted by molar-refractivity contribution is -0.118. The smallest absolute Gasteiger partial charge is 0.235 e. The number of hydrogen-bond acceptors (Lipinski definition) is 1. The summed E-state index contributed by atoms with van der Waals surface area (Å²) in [6.45, 7) is 0.157. The number of alkyl halides is 1. The van der Waals surface area contributed by atoms with Gasteiger partial charge >= 0.3 is 0 Å². The number of hydrogen-bond donors (Lipinski definition) is 1. The molecule has 0 aliphatic heterocycles. The Morgan fingerprint density at radius 3 is 2.86 bits per heavy atom. The Balaban J connectivity index is 2.63. The highest BCUT2D eigenvalue weighted by Gasteiger charge is 2.04. The molecule has 0 heterocycles. The van der Waals surface area contributed by atoms with Gasteiger partial charge in [0, 0.05) is 16.6 Å². The highest BCUT2D eigenvalue weighted by Crippen LogP contribution is 2.14. The summed E-state index contributed by atoms with van der Waals surface area (Å²) in [7, 11) is 0. The molecule has 1 aromatic carbocycles. The van der Waals surface area contributed by atoms with E-state index in [1.165, 1.54) is 6.07 Å². The first-order chi connectivity index (χ1) is 6.63. The molecule has 0 unspecified atom stereocenters. The second-order valence-corrected chi connectivity index (χ2v) is 3.83. The normalized spacial score (nSPS) is 9.93. The lowest BCUT2D eigenvalue weighted by atomic mass is 10.2. The van der Waals surface area contributed by atoms with E-state index in [1.54, 1.807) is 12.1 Å². The van der Waals surface area contributed by atoms with E-state index in [4.69, 9.17) is 11.6 Å². The van der Waals surface area contributed by atoms with Gasteiger partial charge in [-0.2, -0.15) is 0 Å². The fourth-order valence-corrected chi connectivity index (χ4v) is 1.33. The van der Waals surface area contributed by atoms with Crippen molar-refractivity contribution in [3.8, 4) is 0 Å². The molecule has 0 atom stereocenters. The SMILES string of the molecule is O=C(CCl)NCc1ccc(Br)cc1F. The Hall–Kier alpha value is -0.610. The topological polar surface area (TPSA) is 29.1 Å². The maximum absolute atomic E-state index is 13.2. The van der Waals surface area contributed by atoms with Gasteiger partial charge in [0.15, 0.2) is 0 Å². The molecule has 0 aliphatic rings. The lowest BCUT2D eigenvalue weighted by Crippen LogP contribution is -2.24. The number of nitrogens with one attached hydrogen (secondary N) is 1. The maximum atomic E-state index is 13.2. The molecule has 76 valence electrons. The van der Waals surface area contributed by atoms with E-state index in [2.05, 4.69) is 21.2 Å². The molecular formula is C9H8BrClFNO. The molecule has 0 aliphatic carbocycles. The highest BCUT2D eigenvalue weighted by atomic mass is 79.9. The number of carbonyl (C=O) groups is 1. The van der Waals surface area contributed by atoms with Gasteiger partial charge in [-0.25, -0.2) is 4.39 Å². The summed E-state index contributed by atoms with van der Waals surface area (Å²) in [5.41, 5.74) is 0.437. The van der Waals surface area contributed by atoms with Crippen LogP contribution in [0.25, 0.3) is 0 Å². The van der Waals surface area contributed by atoms with Crippen LogP contribution in [0.4, 0.5) is 4.39 Å². The molecule has 0 radical (unpaired) electrons. The van der Waals surface area contributed by atoms with Gasteiger partial charge in [0.25, 0.3) is 0 Å². The second kappa shape index (κ2) is 5.32. The second-order valence-electron chi connectivity index (χ2n) is 2.65. The van der Waals surface area contributed by atoms with E-state index in [0.717, 1.165) is 0 Å². The van der Waals surface area contributed by atoms with Gasteiger partial charge < -0.3 is 5.32 Å². The van der Waals surface area contributed by atoms with Crippen LogP contribution in [-0.4, -0.2) is 11.8 Å².